The fraction of sp³-hybridized carbons (Fsp3) is 0.273. The van der Waals surface area contributed by atoms with E-state index in [2.05, 4.69) is 20.2 Å². The van der Waals surface area contributed by atoms with E-state index in [1.165, 1.54) is 0 Å². The van der Waals surface area contributed by atoms with Crippen molar-refractivity contribution in [1.29, 1.82) is 0 Å². The second kappa shape index (κ2) is 6.07. The molecule has 0 fully saturated rings. The van der Waals surface area contributed by atoms with Crippen molar-refractivity contribution < 1.29 is 9.90 Å². The molecule has 0 aliphatic carbocycles. The Labute approximate surface area is 118 Å². The van der Waals surface area contributed by atoms with Crippen LogP contribution in [0.15, 0.2) is 22.3 Å². The van der Waals surface area contributed by atoms with Crippen LogP contribution in [0, 0.1) is 6.92 Å². The number of carbonyl (C=O) groups is 1. The summed E-state index contributed by atoms with van der Waals surface area (Å²) in [7, 11) is 0. The molecule has 0 radical (unpaired) electrons. The molecule has 0 saturated carbocycles. The fourth-order valence-corrected chi connectivity index (χ4v) is 2.50. The van der Waals surface area contributed by atoms with Gasteiger partial charge in [0.1, 0.15) is 5.69 Å². The maximum atomic E-state index is 10.5. The summed E-state index contributed by atoms with van der Waals surface area (Å²) in [5, 5.41) is 16.7. The molecule has 0 aromatic carbocycles. The molecule has 0 amide bonds. The number of aromatic amines is 1. The zero-order valence-corrected chi connectivity index (χ0v) is 12.0. The summed E-state index contributed by atoms with van der Waals surface area (Å²) in [4.78, 5) is 19.2. The van der Waals surface area contributed by atoms with Gasteiger partial charge in [0, 0.05) is 0 Å². The van der Waals surface area contributed by atoms with E-state index in [1.54, 1.807) is 11.8 Å². The molecule has 0 bridgehead atoms. The smallest absolute Gasteiger partial charge is 0.313 e. The minimum atomic E-state index is -0.894. The Morgan fingerprint density at radius 1 is 1.42 bits per heavy atom. The highest BCUT2D eigenvalue weighted by Gasteiger charge is 2.10. The number of aromatic nitrogens is 4. The molecule has 2 rings (SSSR count). The number of pyridine rings is 1. The van der Waals surface area contributed by atoms with Crippen LogP contribution >= 0.6 is 23.5 Å². The van der Waals surface area contributed by atoms with Gasteiger partial charge in [-0.3, -0.25) is 9.89 Å². The van der Waals surface area contributed by atoms with Crippen molar-refractivity contribution in [2.45, 2.75) is 17.1 Å². The van der Waals surface area contributed by atoms with Crippen LogP contribution in [0.3, 0.4) is 0 Å². The van der Waals surface area contributed by atoms with Crippen LogP contribution in [-0.4, -0.2) is 43.2 Å². The predicted molar refractivity (Wildman–Crippen MR) is 74.5 cm³/mol. The van der Waals surface area contributed by atoms with E-state index < -0.39 is 5.97 Å². The molecule has 6 nitrogen and oxygen atoms in total. The van der Waals surface area contributed by atoms with E-state index in [0.29, 0.717) is 16.7 Å². The highest BCUT2D eigenvalue weighted by atomic mass is 32.2. The number of carboxylic acids is 1. The Kier molecular flexibility index (Phi) is 4.43. The average Bonchev–Trinajstić information content (AvgIpc) is 2.86. The van der Waals surface area contributed by atoms with Crippen molar-refractivity contribution in [3.8, 4) is 11.5 Å². The van der Waals surface area contributed by atoms with Gasteiger partial charge in [-0.25, -0.2) is 4.98 Å². The summed E-state index contributed by atoms with van der Waals surface area (Å²) < 4.78 is 0. The maximum Gasteiger partial charge on any atom is 0.313 e. The number of nitrogens with zero attached hydrogens (tertiary/aromatic N) is 3. The van der Waals surface area contributed by atoms with Crippen molar-refractivity contribution in [1.82, 2.24) is 20.2 Å². The lowest BCUT2D eigenvalue weighted by atomic mass is 10.2. The first-order valence-electron chi connectivity index (χ1n) is 5.39. The van der Waals surface area contributed by atoms with Crippen molar-refractivity contribution in [3.63, 3.8) is 0 Å². The number of hydrogen-bond acceptors (Lipinski definition) is 6. The highest BCUT2D eigenvalue weighted by molar-refractivity contribution is 7.99. The summed E-state index contributed by atoms with van der Waals surface area (Å²) >= 11 is 2.64. The van der Waals surface area contributed by atoms with E-state index in [0.717, 1.165) is 22.4 Å². The Balaban J connectivity index is 2.20. The number of aryl methyl sites for hydroxylation is 1. The first kappa shape index (κ1) is 13.9. The third-order valence-electron chi connectivity index (χ3n) is 2.28. The van der Waals surface area contributed by atoms with Gasteiger partial charge in [0.2, 0.25) is 5.16 Å². The quantitative estimate of drug-likeness (QED) is 0.816. The molecule has 0 spiro atoms. The van der Waals surface area contributed by atoms with Crippen molar-refractivity contribution in [3.05, 3.63) is 17.7 Å². The number of H-pyrrole nitrogens is 1. The molecule has 19 heavy (non-hydrogen) atoms. The number of hydrogen-bond donors (Lipinski definition) is 2. The molecular weight excluding hydrogens is 284 g/mol. The molecule has 0 saturated heterocycles. The Morgan fingerprint density at radius 3 is 2.89 bits per heavy atom. The summed E-state index contributed by atoms with van der Waals surface area (Å²) in [5.41, 5.74) is 1.81. The number of carboxylic acid groups (broad SMARTS) is 1. The van der Waals surface area contributed by atoms with E-state index in [9.17, 15) is 4.79 Å². The first-order chi connectivity index (χ1) is 9.10. The second-order valence-corrected chi connectivity index (χ2v) is 5.41. The first-order valence-corrected chi connectivity index (χ1v) is 7.60. The number of thioether (sulfide) groups is 2. The van der Waals surface area contributed by atoms with Gasteiger partial charge in [-0.15, -0.1) is 16.9 Å². The third-order valence-corrected chi connectivity index (χ3v) is 3.91. The summed E-state index contributed by atoms with van der Waals surface area (Å²) in [6.45, 7) is 2.00. The Morgan fingerprint density at radius 2 is 2.21 bits per heavy atom. The fourth-order valence-electron chi connectivity index (χ4n) is 1.40. The van der Waals surface area contributed by atoms with Gasteiger partial charge in [0.25, 0.3) is 0 Å². The molecule has 2 N–H and O–H groups in total. The molecule has 0 atom stereocenters. The van der Waals surface area contributed by atoms with Gasteiger partial charge < -0.3 is 5.11 Å². The molecule has 0 aliphatic rings. The summed E-state index contributed by atoms with van der Waals surface area (Å²) in [6.07, 6.45) is 1.97. The zero-order chi connectivity index (χ0) is 13.8. The number of nitrogens with one attached hydrogen (secondary N) is 1. The van der Waals surface area contributed by atoms with E-state index >= 15 is 0 Å². The van der Waals surface area contributed by atoms with Gasteiger partial charge in [-0.05, 0) is 24.8 Å². The molecule has 0 unspecified atom stereocenters. The predicted octanol–water partition coefficient (Wildman–Crippen LogP) is 2.07. The summed E-state index contributed by atoms with van der Waals surface area (Å²) in [6, 6.07) is 3.84. The normalized spacial score (nSPS) is 10.6. The monoisotopic (exact) mass is 296 g/mol. The van der Waals surface area contributed by atoms with Crippen LogP contribution in [-0.2, 0) is 4.79 Å². The van der Waals surface area contributed by atoms with Crippen LogP contribution in [0.4, 0.5) is 0 Å². The van der Waals surface area contributed by atoms with Crippen molar-refractivity contribution in [2.24, 2.45) is 0 Å². The lowest BCUT2D eigenvalue weighted by molar-refractivity contribution is -0.133. The Bertz CT molecular complexity index is 600. The standard InChI is InChI=1S/C11H12N4O2S2/c1-6-3-4-7(12-10(6)18-2)9-13-11(15-14-9)19-5-8(16)17/h3-4H,5H2,1-2H3,(H,16,17)(H,13,14,15). The minimum Gasteiger partial charge on any atom is -0.481 e. The van der Waals surface area contributed by atoms with Crippen LogP contribution < -0.4 is 0 Å². The summed E-state index contributed by atoms with van der Waals surface area (Å²) in [5.74, 6) is -0.410. The van der Waals surface area contributed by atoms with Crippen LogP contribution in [0.5, 0.6) is 0 Å². The lowest BCUT2D eigenvalue weighted by Gasteiger charge is -2.02. The SMILES string of the molecule is CSc1nc(-c2nc(SCC(=O)O)n[nH]2)ccc1C. The molecule has 8 heteroatoms. The highest BCUT2D eigenvalue weighted by Crippen LogP contribution is 2.22. The number of rotatable bonds is 5. The Hall–Kier alpha value is -1.54. The van der Waals surface area contributed by atoms with Crippen molar-refractivity contribution >= 4 is 29.5 Å². The molecule has 2 heterocycles. The molecule has 0 aliphatic heterocycles. The van der Waals surface area contributed by atoms with Gasteiger partial charge in [0.15, 0.2) is 5.82 Å². The van der Waals surface area contributed by atoms with Crippen molar-refractivity contribution in [2.75, 3.05) is 12.0 Å². The molecule has 2 aromatic rings. The third kappa shape index (κ3) is 3.48. The minimum absolute atomic E-state index is 0.0608. The molecule has 100 valence electrons. The van der Waals surface area contributed by atoms with Gasteiger partial charge in [-0.1, -0.05) is 17.8 Å². The molecule has 2 aromatic heterocycles. The zero-order valence-electron chi connectivity index (χ0n) is 10.4. The molecular formula is C11H12N4O2S2. The van der Waals surface area contributed by atoms with E-state index in [-0.39, 0.29) is 5.75 Å². The van der Waals surface area contributed by atoms with E-state index in [4.69, 9.17) is 5.11 Å². The number of aliphatic carboxylic acids is 1. The largest absolute Gasteiger partial charge is 0.481 e. The van der Waals surface area contributed by atoms with Gasteiger partial charge in [-0.2, -0.15) is 4.98 Å². The maximum absolute atomic E-state index is 10.5. The van der Waals surface area contributed by atoms with Crippen LogP contribution in [0.1, 0.15) is 5.56 Å². The average molecular weight is 296 g/mol. The topological polar surface area (TPSA) is 91.8 Å². The van der Waals surface area contributed by atoms with Gasteiger partial charge in [0.05, 0.1) is 10.8 Å². The second-order valence-electron chi connectivity index (χ2n) is 3.67. The lowest BCUT2D eigenvalue weighted by Crippen LogP contribution is -1.97. The van der Waals surface area contributed by atoms with Crippen LogP contribution in [0.2, 0.25) is 0 Å². The van der Waals surface area contributed by atoms with Crippen LogP contribution in [0.25, 0.3) is 11.5 Å². The van der Waals surface area contributed by atoms with Gasteiger partial charge >= 0.3 is 5.97 Å². The van der Waals surface area contributed by atoms with E-state index in [1.807, 2.05) is 25.3 Å².